The first kappa shape index (κ1) is 19.0. The third kappa shape index (κ3) is 6.37. The SMILES string of the molecule is FC(F)(F)c1ccnc(Br)n1.FC(F)(F)c1ccnc(I)n1. The number of alkyl halides is 6. The van der Waals surface area contributed by atoms with Crippen molar-refractivity contribution >= 4 is 38.5 Å². The van der Waals surface area contributed by atoms with Gasteiger partial charge >= 0.3 is 12.4 Å². The van der Waals surface area contributed by atoms with Gasteiger partial charge in [-0.25, -0.2) is 19.9 Å². The first-order chi connectivity index (χ1) is 10.00. The maximum absolute atomic E-state index is 11.9. The Morgan fingerprint density at radius 3 is 1.59 bits per heavy atom. The summed E-state index contributed by atoms with van der Waals surface area (Å²) in [5.41, 5.74) is -1.85. The molecule has 0 amide bonds. The maximum Gasteiger partial charge on any atom is 0.433 e. The van der Waals surface area contributed by atoms with Gasteiger partial charge in [0.15, 0.2) is 8.56 Å². The Hall–Kier alpha value is -1.05. The lowest BCUT2D eigenvalue weighted by Gasteiger charge is -2.03. The van der Waals surface area contributed by atoms with Gasteiger partial charge in [-0.15, -0.1) is 0 Å². The fourth-order valence-corrected chi connectivity index (χ4v) is 1.72. The van der Waals surface area contributed by atoms with E-state index in [4.69, 9.17) is 0 Å². The molecular weight excluding hydrogens is 497 g/mol. The van der Waals surface area contributed by atoms with Crippen molar-refractivity contribution in [2.45, 2.75) is 12.4 Å². The van der Waals surface area contributed by atoms with Crippen molar-refractivity contribution in [3.63, 3.8) is 0 Å². The van der Waals surface area contributed by atoms with Crippen LogP contribution in [0, 0.1) is 3.83 Å². The Morgan fingerprint density at radius 2 is 1.27 bits per heavy atom. The van der Waals surface area contributed by atoms with Crippen molar-refractivity contribution in [2.24, 2.45) is 0 Å². The Morgan fingerprint density at radius 1 is 0.818 bits per heavy atom. The second-order valence-electron chi connectivity index (χ2n) is 3.42. The van der Waals surface area contributed by atoms with Gasteiger partial charge in [-0.05, 0) is 28.1 Å². The van der Waals surface area contributed by atoms with Gasteiger partial charge in [0, 0.05) is 35.0 Å². The van der Waals surface area contributed by atoms with Gasteiger partial charge in [0.1, 0.15) is 11.4 Å². The van der Waals surface area contributed by atoms with E-state index >= 15 is 0 Å². The molecule has 2 aromatic rings. The van der Waals surface area contributed by atoms with Gasteiger partial charge < -0.3 is 0 Å². The van der Waals surface area contributed by atoms with Crippen molar-refractivity contribution in [1.29, 1.82) is 0 Å². The van der Waals surface area contributed by atoms with Crippen molar-refractivity contribution in [3.8, 4) is 0 Å². The van der Waals surface area contributed by atoms with Crippen LogP contribution in [0.3, 0.4) is 0 Å². The summed E-state index contributed by atoms with van der Waals surface area (Å²) in [7, 11) is 0. The Kier molecular flexibility index (Phi) is 6.46. The molecule has 120 valence electrons. The molecule has 4 nitrogen and oxygen atoms in total. The first-order valence-corrected chi connectivity index (χ1v) is 6.99. The predicted octanol–water partition coefficient (Wildman–Crippen LogP) is 4.36. The molecule has 22 heavy (non-hydrogen) atoms. The van der Waals surface area contributed by atoms with E-state index in [1.807, 2.05) is 0 Å². The summed E-state index contributed by atoms with van der Waals surface area (Å²) >= 11 is 4.36. The highest BCUT2D eigenvalue weighted by atomic mass is 127. The summed E-state index contributed by atoms with van der Waals surface area (Å²) in [4.78, 5) is 13.3. The van der Waals surface area contributed by atoms with E-state index in [0.29, 0.717) is 0 Å². The van der Waals surface area contributed by atoms with Crippen molar-refractivity contribution in [1.82, 2.24) is 19.9 Å². The zero-order valence-electron chi connectivity index (χ0n) is 10.1. The summed E-state index contributed by atoms with van der Waals surface area (Å²) in [6, 6.07) is 1.65. The number of hydrogen-bond acceptors (Lipinski definition) is 4. The van der Waals surface area contributed by atoms with Crippen LogP contribution in [0.1, 0.15) is 11.4 Å². The number of nitrogens with zero attached hydrogens (tertiary/aromatic N) is 4. The highest BCUT2D eigenvalue weighted by Crippen LogP contribution is 2.27. The molecule has 0 atom stereocenters. The molecule has 0 radical (unpaired) electrons. The van der Waals surface area contributed by atoms with Crippen LogP contribution in [-0.2, 0) is 12.4 Å². The molecule has 0 aliphatic carbocycles. The van der Waals surface area contributed by atoms with E-state index in [2.05, 4.69) is 35.9 Å². The van der Waals surface area contributed by atoms with Gasteiger partial charge in [0.2, 0.25) is 0 Å². The minimum Gasteiger partial charge on any atom is -0.232 e. The molecule has 0 aliphatic heterocycles. The predicted molar refractivity (Wildman–Crippen MR) is 74.5 cm³/mol. The van der Waals surface area contributed by atoms with Crippen LogP contribution in [0.25, 0.3) is 0 Å². The van der Waals surface area contributed by atoms with Crippen LogP contribution in [-0.4, -0.2) is 19.9 Å². The smallest absolute Gasteiger partial charge is 0.232 e. The molecule has 0 aromatic carbocycles. The molecule has 0 aliphatic rings. The Balaban J connectivity index is 0.000000220. The van der Waals surface area contributed by atoms with Crippen LogP contribution in [0.5, 0.6) is 0 Å². The molecule has 0 saturated carbocycles. The molecule has 0 unspecified atom stereocenters. The third-order valence-corrected chi connectivity index (χ3v) is 2.74. The fraction of sp³-hybridized carbons (Fsp3) is 0.200. The minimum absolute atomic E-state index is 0.0627. The van der Waals surface area contributed by atoms with Gasteiger partial charge in [-0.2, -0.15) is 26.3 Å². The van der Waals surface area contributed by atoms with Crippen LogP contribution in [0.15, 0.2) is 29.3 Å². The molecule has 2 aromatic heterocycles. The van der Waals surface area contributed by atoms with Crippen LogP contribution in [0.2, 0.25) is 0 Å². The molecule has 2 heterocycles. The van der Waals surface area contributed by atoms with Crippen LogP contribution >= 0.6 is 38.5 Å². The second kappa shape index (κ2) is 7.48. The summed E-state index contributed by atoms with van der Waals surface area (Å²) in [5, 5.41) is 0. The average molecular weight is 501 g/mol. The first-order valence-electron chi connectivity index (χ1n) is 5.11. The normalized spacial score (nSPS) is 11.6. The zero-order chi connectivity index (χ0) is 17.0. The van der Waals surface area contributed by atoms with E-state index in [1.165, 1.54) is 0 Å². The van der Waals surface area contributed by atoms with E-state index in [1.54, 1.807) is 22.6 Å². The average Bonchev–Trinajstić information content (AvgIpc) is 2.37. The molecule has 0 fully saturated rings. The van der Waals surface area contributed by atoms with Gasteiger partial charge in [0.05, 0.1) is 0 Å². The largest absolute Gasteiger partial charge is 0.433 e. The molecule has 0 saturated heterocycles. The quantitative estimate of drug-likeness (QED) is 0.306. The third-order valence-electron chi connectivity index (χ3n) is 1.83. The fourth-order valence-electron chi connectivity index (χ4n) is 0.986. The lowest BCUT2D eigenvalue weighted by atomic mass is 10.4. The van der Waals surface area contributed by atoms with Crippen molar-refractivity contribution in [2.75, 3.05) is 0 Å². The lowest BCUT2D eigenvalue weighted by molar-refractivity contribution is -0.142. The molecule has 12 heteroatoms. The van der Waals surface area contributed by atoms with Gasteiger partial charge in [0.25, 0.3) is 0 Å². The van der Waals surface area contributed by atoms with E-state index < -0.39 is 23.7 Å². The van der Waals surface area contributed by atoms with Gasteiger partial charge in [-0.1, -0.05) is 0 Å². The number of rotatable bonds is 0. The lowest BCUT2D eigenvalue weighted by Crippen LogP contribution is -2.08. The minimum atomic E-state index is -4.40. The number of halogens is 8. The maximum atomic E-state index is 11.9. The van der Waals surface area contributed by atoms with Crippen LogP contribution in [0.4, 0.5) is 26.3 Å². The molecule has 0 N–H and O–H groups in total. The number of hydrogen-bond donors (Lipinski definition) is 0. The van der Waals surface area contributed by atoms with E-state index in [9.17, 15) is 26.3 Å². The second-order valence-corrected chi connectivity index (χ2v) is 5.09. The Bertz CT molecular complexity index is 578. The van der Waals surface area contributed by atoms with E-state index in [0.717, 1.165) is 24.5 Å². The Labute approximate surface area is 141 Å². The molecule has 2 rings (SSSR count). The van der Waals surface area contributed by atoms with Gasteiger partial charge in [-0.3, -0.25) is 0 Å². The summed E-state index contributed by atoms with van der Waals surface area (Å²) in [6.45, 7) is 0. The molecule has 0 bridgehead atoms. The number of aromatic nitrogens is 4. The van der Waals surface area contributed by atoms with E-state index in [-0.39, 0.29) is 8.56 Å². The topological polar surface area (TPSA) is 51.6 Å². The molecular formula is C10H4BrF6IN4. The monoisotopic (exact) mass is 500 g/mol. The molecule has 0 spiro atoms. The standard InChI is InChI=1S/C5H2BrF3N2.C5H2F3IN2/c6-4-10-2-1-3(11-4)5(7,8)9;6-5(7,8)3-1-2-10-4(9)11-3/h2*1-2H. The highest BCUT2D eigenvalue weighted by molar-refractivity contribution is 14.1. The summed E-state index contributed by atoms with van der Waals surface area (Å²) in [5.74, 6) is 0. The van der Waals surface area contributed by atoms with Crippen LogP contribution < -0.4 is 0 Å². The summed E-state index contributed by atoms with van der Waals surface area (Å²) < 4.78 is 71.2. The van der Waals surface area contributed by atoms with Crippen molar-refractivity contribution in [3.05, 3.63) is 44.5 Å². The zero-order valence-corrected chi connectivity index (χ0v) is 13.9. The highest BCUT2D eigenvalue weighted by Gasteiger charge is 2.33. The van der Waals surface area contributed by atoms with Crippen molar-refractivity contribution < 1.29 is 26.3 Å². The summed E-state index contributed by atoms with van der Waals surface area (Å²) in [6.07, 6.45) is -6.65.